The number of carboxylic acids is 1. The number of fused-ring (bicyclic) bond motifs is 8. The molecule has 5 heterocycles. The number of hydrogen-bond donors (Lipinski definition) is 7. The number of carbonyl (C=O) groups is 4. The predicted octanol–water partition coefficient (Wildman–Crippen LogP) is 6.24. The third kappa shape index (κ3) is 8.84. The minimum Gasteiger partial charge on any atom is -0.481 e. The molecule has 4 saturated carbocycles. The van der Waals surface area contributed by atoms with Gasteiger partial charge in [0, 0.05) is 44.3 Å². The van der Waals surface area contributed by atoms with E-state index in [1.165, 1.54) is 21.3 Å². The first kappa shape index (κ1) is 46.4. The maximum Gasteiger partial charge on any atom is 0.311 e. The van der Waals surface area contributed by atoms with Gasteiger partial charge in [-0.1, -0.05) is 0 Å². The summed E-state index contributed by atoms with van der Waals surface area (Å²) >= 11 is 0. The molecule has 16 nitrogen and oxygen atoms in total. The summed E-state index contributed by atoms with van der Waals surface area (Å²) in [5, 5.41) is 55.5. The van der Waals surface area contributed by atoms with Crippen molar-refractivity contribution in [2.24, 2.45) is 23.7 Å². The lowest BCUT2D eigenvalue weighted by Gasteiger charge is -2.32. The third-order valence-electron chi connectivity index (χ3n) is 15.6. The number of carbonyl (C=O) groups excluding carboxylic acids is 3. The molecule has 16 heteroatoms. The number of rotatable bonds is 8. The Balaban J connectivity index is 1.30. The summed E-state index contributed by atoms with van der Waals surface area (Å²) in [5.41, 5.74) is 8.94. The summed E-state index contributed by atoms with van der Waals surface area (Å²) in [6.07, 6.45) is 8.51. The number of methoxy groups -OCH3 is 3. The third-order valence-corrected chi connectivity index (χ3v) is 15.6. The largest absolute Gasteiger partial charge is 0.481 e. The maximum absolute atomic E-state index is 12.7. The van der Waals surface area contributed by atoms with E-state index in [-0.39, 0.29) is 55.8 Å². The van der Waals surface area contributed by atoms with Crippen LogP contribution in [0.3, 0.4) is 0 Å². The Morgan fingerprint density at radius 1 is 0.448 bits per heavy atom. The molecule has 0 saturated heterocycles. The lowest BCUT2D eigenvalue weighted by Crippen LogP contribution is -2.35. The van der Waals surface area contributed by atoms with Crippen molar-refractivity contribution in [1.82, 2.24) is 19.9 Å². The maximum atomic E-state index is 12.7. The fraction of sp³-hybridized carbons (Fsp3) is 0.529. The Kier molecular flexibility index (Phi) is 13.3. The number of nitrogens with one attached hydrogen (secondary N) is 2. The summed E-state index contributed by atoms with van der Waals surface area (Å²) in [5.74, 6) is -6.24. The Morgan fingerprint density at radius 2 is 0.731 bits per heavy atom. The van der Waals surface area contributed by atoms with Crippen LogP contribution in [0.15, 0.2) is 24.3 Å². The molecule has 0 amide bonds. The highest BCUT2D eigenvalue weighted by Crippen LogP contribution is 2.46. The molecular weight excluding hydrogens is 861 g/mol. The fourth-order valence-corrected chi connectivity index (χ4v) is 12.2. The van der Waals surface area contributed by atoms with Crippen molar-refractivity contribution in [1.29, 1.82) is 0 Å². The number of esters is 3. The number of carboxylic acid groups (broad SMARTS) is 1. The normalized spacial score (nSPS) is 30.7. The van der Waals surface area contributed by atoms with E-state index in [2.05, 4.69) is 9.97 Å². The van der Waals surface area contributed by atoms with Crippen molar-refractivity contribution in [2.45, 2.75) is 125 Å². The molecule has 7 N–H and O–H groups in total. The van der Waals surface area contributed by atoms with Gasteiger partial charge in [-0.05, 0) is 149 Å². The molecule has 0 radical (unpaired) electrons. The van der Waals surface area contributed by atoms with E-state index in [0.29, 0.717) is 67.7 Å². The lowest BCUT2D eigenvalue weighted by molar-refractivity contribution is -0.152. The van der Waals surface area contributed by atoms with Gasteiger partial charge in [0.2, 0.25) is 0 Å². The molecule has 0 aromatic carbocycles. The van der Waals surface area contributed by atoms with E-state index < -0.39 is 72.0 Å². The van der Waals surface area contributed by atoms with E-state index in [1.54, 1.807) is 0 Å². The Morgan fingerprint density at radius 3 is 1.04 bits per heavy atom. The highest BCUT2D eigenvalue weighted by molar-refractivity contribution is 5.85. The zero-order valence-corrected chi connectivity index (χ0v) is 38.0. The van der Waals surface area contributed by atoms with Crippen molar-refractivity contribution in [3.05, 3.63) is 69.3 Å². The van der Waals surface area contributed by atoms with Crippen LogP contribution < -0.4 is 0 Å². The molecule has 6 aliphatic rings. The number of hydrogen-bond acceptors (Lipinski definition) is 13. The van der Waals surface area contributed by atoms with Gasteiger partial charge in [-0.2, -0.15) is 0 Å². The zero-order valence-electron chi connectivity index (χ0n) is 38.0. The molecule has 2 aliphatic heterocycles. The van der Waals surface area contributed by atoms with Gasteiger partial charge in [0.15, 0.2) is 0 Å². The van der Waals surface area contributed by atoms with E-state index >= 15 is 0 Å². The van der Waals surface area contributed by atoms with Crippen LogP contribution in [0.1, 0.15) is 146 Å². The molecule has 3 aromatic heterocycles. The number of nitrogens with zero attached hydrogens (tertiary/aromatic N) is 2. The molecule has 12 atom stereocenters. The van der Waals surface area contributed by atoms with Crippen LogP contribution in [0.2, 0.25) is 0 Å². The molecule has 0 spiro atoms. The molecule has 3 aromatic rings. The molecule has 12 unspecified atom stereocenters. The van der Waals surface area contributed by atoms with E-state index in [9.17, 15) is 44.7 Å². The topological polar surface area (TPSA) is 254 Å². The van der Waals surface area contributed by atoms with E-state index in [4.69, 9.17) is 24.2 Å². The van der Waals surface area contributed by atoms with Crippen molar-refractivity contribution < 1.29 is 58.9 Å². The average molecular weight is 921 g/mol. The number of H-pyrrole nitrogens is 2. The van der Waals surface area contributed by atoms with Crippen molar-refractivity contribution in [3.8, 4) is 0 Å². The number of ether oxygens (including phenoxy) is 3. The highest BCUT2D eigenvalue weighted by atomic mass is 16.5. The Hall–Kier alpha value is -5.68. The Bertz CT molecular complexity index is 2530. The van der Waals surface area contributed by atoms with Crippen LogP contribution in [-0.2, 0) is 33.4 Å². The molecule has 8 bridgehead atoms. The van der Waals surface area contributed by atoms with Gasteiger partial charge in [0.05, 0.1) is 92.2 Å². The molecule has 4 aliphatic carbocycles. The second kappa shape index (κ2) is 19.1. The summed E-state index contributed by atoms with van der Waals surface area (Å²) in [6, 6.07) is 7.93. The van der Waals surface area contributed by atoms with Crippen molar-refractivity contribution in [2.75, 3.05) is 21.3 Å². The van der Waals surface area contributed by atoms with Crippen LogP contribution in [0.25, 0.3) is 46.4 Å². The van der Waals surface area contributed by atoms with Gasteiger partial charge in [-0.25, -0.2) is 9.97 Å². The summed E-state index contributed by atoms with van der Waals surface area (Å²) in [4.78, 5) is 68.4. The predicted molar refractivity (Wildman–Crippen MR) is 247 cm³/mol. The second-order valence-corrected chi connectivity index (χ2v) is 19.3. The average Bonchev–Trinajstić information content (AvgIpc) is 4.17. The summed E-state index contributed by atoms with van der Waals surface area (Å²) in [6.45, 7) is 0. The number of aliphatic hydroxyl groups is 4. The fourth-order valence-electron chi connectivity index (χ4n) is 12.2. The summed E-state index contributed by atoms with van der Waals surface area (Å²) < 4.78 is 15.1. The number of aromatic amines is 2. The van der Waals surface area contributed by atoms with Gasteiger partial charge in [-0.3, -0.25) is 19.2 Å². The number of aliphatic carboxylic acids is 1. The van der Waals surface area contributed by atoms with Crippen LogP contribution in [0.4, 0.5) is 0 Å². The summed E-state index contributed by atoms with van der Waals surface area (Å²) in [7, 11) is 3.97. The first-order valence-corrected chi connectivity index (χ1v) is 23.6. The van der Waals surface area contributed by atoms with Gasteiger partial charge in [-0.15, -0.1) is 0 Å². The standard InChI is InChI=1S/C51H60N4O12/c1-65-49(62)29-9-5-25(21-41(29)57)45-34-14-12-32(52-34)44(24-4-8-28(48(60)61)40(56)20-24)33-13-15-35(53-33)46(26-6-10-30(42(58)22-26)50(63)66-2)37-17-19-39(55-37)47(38-18-16-36(45)54-38)27-7-11-31(43(59)23-27)51(64)67-3/h12-19,24-31,40-43,52-53,56-59H,4-11,20-23H2,1-3H3,(H,60,61). The molecule has 9 rings (SSSR count). The van der Waals surface area contributed by atoms with Crippen LogP contribution in [-0.4, -0.2) is 115 Å². The number of aliphatic hydroxyl groups excluding tert-OH is 4. The monoisotopic (exact) mass is 920 g/mol. The first-order chi connectivity index (χ1) is 32.3. The molecule has 4 fully saturated rings. The SMILES string of the molecule is COC(=O)C1CCC(c2c3nc(c(C4CCC(C(=O)OC)C(O)C4)c4ccc([nH]4)c(C4CCC(C(=O)O)C(O)C4)c4ccc([nH]4)c(C4CCC(C(=O)OC)C(O)C4)c4nc2C=C4)C=C3)CC1O. The molecule has 67 heavy (non-hydrogen) atoms. The smallest absolute Gasteiger partial charge is 0.311 e. The van der Waals surface area contributed by atoms with E-state index in [1.807, 2.05) is 48.6 Å². The minimum absolute atomic E-state index is 0.214. The lowest BCUT2D eigenvalue weighted by atomic mass is 9.76. The van der Waals surface area contributed by atoms with Crippen molar-refractivity contribution in [3.63, 3.8) is 0 Å². The quantitative estimate of drug-likeness (QED) is 0.0673. The highest BCUT2D eigenvalue weighted by Gasteiger charge is 2.41. The minimum atomic E-state index is -1.07. The van der Waals surface area contributed by atoms with Crippen LogP contribution >= 0.6 is 0 Å². The molecule has 356 valence electrons. The van der Waals surface area contributed by atoms with Gasteiger partial charge in [0.1, 0.15) is 0 Å². The second-order valence-electron chi connectivity index (χ2n) is 19.3. The van der Waals surface area contributed by atoms with Crippen LogP contribution in [0, 0.1) is 23.7 Å². The van der Waals surface area contributed by atoms with E-state index in [0.717, 1.165) is 44.3 Å². The van der Waals surface area contributed by atoms with Gasteiger partial charge in [0.25, 0.3) is 0 Å². The van der Waals surface area contributed by atoms with Crippen molar-refractivity contribution >= 4 is 70.2 Å². The van der Waals surface area contributed by atoms with Gasteiger partial charge < -0.3 is 49.7 Å². The molecular formula is C51H60N4O12. The van der Waals surface area contributed by atoms with Gasteiger partial charge >= 0.3 is 23.9 Å². The van der Waals surface area contributed by atoms with Crippen LogP contribution in [0.5, 0.6) is 0 Å². The Labute approximate surface area is 387 Å². The first-order valence-electron chi connectivity index (χ1n) is 23.6. The zero-order chi connectivity index (χ0) is 47.3. The number of aromatic nitrogens is 4.